The second kappa shape index (κ2) is 17.1. The highest BCUT2D eigenvalue weighted by Gasteiger charge is 2.41. The van der Waals surface area contributed by atoms with Gasteiger partial charge in [-0.3, -0.25) is 9.59 Å². The first-order chi connectivity index (χ1) is 28.6. The summed E-state index contributed by atoms with van der Waals surface area (Å²) in [5.74, 6) is 0.952. The lowest BCUT2D eigenvalue weighted by molar-refractivity contribution is -0.137. The number of nitrogens with one attached hydrogen (secondary N) is 4. The van der Waals surface area contributed by atoms with Gasteiger partial charge in [-0.05, 0) is 85.4 Å². The summed E-state index contributed by atoms with van der Waals surface area (Å²) in [6.45, 7) is 6.05. The molecule has 0 bridgehead atoms. The Morgan fingerprint density at radius 2 is 1.41 bits per heavy atom. The third kappa shape index (κ3) is 8.18. The minimum absolute atomic E-state index is 0.0341. The second-order valence-corrected chi connectivity index (χ2v) is 15.9. The molecule has 8 rings (SSSR count). The van der Waals surface area contributed by atoms with Crippen LogP contribution in [0.4, 0.5) is 9.59 Å². The van der Waals surface area contributed by atoms with Gasteiger partial charge >= 0.3 is 12.2 Å². The van der Waals surface area contributed by atoms with Crippen molar-refractivity contribution in [1.82, 2.24) is 45.4 Å². The highest BCUT2D eigenvalue weighted by Crippen LogP contribution is 2.36. The van der Waals surface area contributed by atoms with Gasteiger partial charge in [-0.2, -0.15) is 0 Å². The number of likely N-dealkylation sites (tertiary alicyclic amines) is 2. The van der Waals surface area contributed by atoms with Crippen LogP contribution >= 0.6 is 0 Å². The summed E-state index contributed by atoms with van der Waals surface area (Å²) < 4.78 is 15.2. The van der Waals surface area contributed by atoms with E-state index in [9.17, 15) is 19.2 Å². The summed E-state index contributed by atoms with van der Waals surface area (Å²) in [4.78, 5) is 77.0. The molecule has 3 fully saturated rings. The number of nitrogens with zero attached hydrogens (tertiary/aromatic N) is 5. The highest BCUT2D eigenvalue weighted by molar-refractivity contribution is 5.91. The normalized spacial score (nSPS) is 19.6. The quantitative estimate of drug-likeness (QED) is 0.129. The first-order valence-corrected chi connectivity index (χ1v) is 20.5. The van der Waals surface area contributed by atoms with Crippen LogP contribution in [-0.4, -0.2) is 111 Å². The molecule has 3 aliphatic rings. The zero-order valence-electron chi connectivity index (χ0n) is 33.8. The lowest BCUT2D eigenvalue weighted by Gasteiger charge is -2.34. The molecule has 3 aliphatic heterocycles. The van der Waals surface area contributed by atoms with Crippen LogP contribution in [0.5, 0.6) is 0 Å². The average molecular weight is 806 g/mol. The molecule has 6 heterocycles. The van der Waals surface area contributed by atoms with Crippen LogP contribution in [0, 0.1) is 11.8 Å². The molecule has 4 N–H and O–H groups in total. The van der Waals surface area contributed by atoms with Crippen LogP contribution in [-0.2, 0) is 23.8 Å². The van der Waals surface area contributed by atoms with Crippen molar-refractivity contribution in [3.8, 4) is 22.5 Å². The Morgan fingerprint density at radius 3 is 2.10 bits per heavy atom. The van der Waals surface area contributed by atoms with Crippen LogP contribution in [0.1, 0.15) is 76.1 Å². The topological polar surface area (TPSA) is 197 Å². The molecular formula is C43H51N9O7. The van der Waals surface area contributed by atoms with Crippen molar-refractivity contribution in [1.29, 1.82) is 0 Å². The molecule has 5 aromatic rings. The van der Waals surface area contributed by atoms with Gasteiger partial charge in [-0.25, -0.2) is 24.5 Å². The van der Waals surface area contributed by atoms with Crippen LogP contribution in [0.15, 0.2) is 54.7 Å². The van der Waals surface area contributed by atoms with Crippen LogP contribution in [0.2, 0.25) is 0 Å². The van der Waals surface area contributed by atoms with E-state index in [0.29, 0.717) is 50.6 Å². The average Bonchev–Trinajstić information content (AvgIpc) is 4.10. The molecule has 0 aliphatic carbocycles. The molecule has 3 aromatic heterocycles. The number of aromatic amines is 2. The van der Waals surface area contributed by atoms with E-state index in [1.807, 2.05) is 43.1 Å². The number of carbonyl (C=O) groups is 4. The van der Waals surface area contributed by atoms with Crippen molar-refractivity contribution in [3.63, 3.8) is 0 Å². The summed E-state index contributed by atoms with van der Waals surface area (Å²) in [5, 5.41) is 7.60. The lowest BCUT2D eigenvalue weighted by atomic mass is 9.90. The molecule has 4 atom stereocenters. The Hall–Kier alpha value is -6.03. The zero-order valence-corrected chi connectivity index (χ0v) is 33.8. The molecule has 0 saturated carbocycles. The van der Waals surface area contributed by atoms with E-state index < -0.39 is 24.3 Å². The smallest absolute Gasteiger partial charge is 0.407 e. The van der Waals surface area contributed by atoms with Crippen LogP contribution in [0.25, 0.3) is 44.5 Å². The number of ether oxygens (including phenoxy) is 3. The molecule has 16 nitrogen and oxygen atoms in total. The Morgan fingerprint density at radius 1 is 0.763 bits per heavy atom. The molecule has 2 aromatic carbocycles. The number of imidazole rings is 2. The number of H-pyrrole nitrogens is 2. The van der Waals surface area contributed by atoms with E-state index in [1.165, 1.54) is 14.2 Å². The third-order valence-electron chi connectivity index (χ3n) is 12.0. The number of rotatable bonds is 10. The molecule has 0 radical (unpaired) electrons. The first kappa shape index (κ1) is 39.8. The maximum atomic E-state index is 14.0. The van der Waals surface area contributed by atoms with E-state index in [0.717, 1.165) is 70.3 Å². The molecule has 4 amide bonds. The van der Waals surface area contributed by atoms with Crippen molar-refractivity contribution in [2.75, 3.05) is 40.5 Å². The van der Waals surface area contributed by atoms with Gasteiger partial charge in [0.05, 0.1) is 49.4 Å². The van der Waals surface area contributed by atoms with Gasteiger partial charge in [0, 0.05) is 37.4 Å². The van der Waals surface area contributed by atoms with Gasteiger partial charge < -0.3 is 44.6 Å². The van der Waals surface area contributed by atoms with Crippen molar-refractivity contribution in [2.45, 2.75) is 76.5 Å². The number of benzene rings is 2. The summed E-state index contributed by atoms with van der Waals surface area (Å²) in [5.41, 5.74) is 4.88. The largest absolute Gasteiger partial charge is 0.453 e. The molecule has 16 heteroatoms. The zero-order chi connectivity index (χ0) is 41.2. The number of carbonyl (C=O) groups excluding carboxylic acids is 4. The van der Waals surface area contributed by atoms with Gasteiger partial charge in [0.2, 0.25) is 11.8 Å². The van der Waals surface area contributed by atoms with E-state index >= 15 is 0 Å². The number of aromatic nitrogens is 5. The molecular weight excluding hydrogens is 755 g/mol. The number of methoxy groups -OCH3 is 2. The Labute approximate surface area is 341 Å². The first-order valence-electron chi connectivity index (χ1n) is 20.5. The fraction of sp³-hybridized carbons (Fsp3) is 0.465. The van der Waals surface area contributed by atoms with Gasteiger partial charge in [-0.15, -0.1) is 0 Å². The van der Waals surface area contributed by atoms with E-state index in [2.05, 4.69) is 50.9 Å². The van der Waals surface area contributed by atoms with Crippen LogP contribution < -0.4 is 10.6 Å². The number of amides is 4. The van der Waals surface area contributed by atoms with Crippen LogP contribution in [0.3, 0.4) is 0 Å². The van der Waals surface area contributed by atoms with Gasteiger partial charge in [-0.1, -0.05) is 38.1 Å². The summed E-state index contributed by atoms with van der Waals surface area (Å²) in [6, 6.07) is 14.5. The molecule has 310 valence electrons. The predicted octanol–water partition coefficient (Wildman–Crippen LogP) is 6.03. The minimum Gasteiger partial charge on any atom is -0.453 e. The number of fused-ring (bicyclic) bond motifs is 2. The standard InChI is InChI=1S/C43H51N9O7/c1-24(2)35(48-42(55)57-3)40(53)52-18-6-8-34(52)39-46-31-14-13-30(45-37(31)50-39)28-11-9-27-22-29(12-10-26(27)21-28)32-23-44-38(47-32)33-7-5-17-51(33)41(54)36(49-43(56)58-4)25-15-19-59-20-16-25/h9-14,21-25,33-36H,5-8,15-20H2,1-4H3,(H,44,47)(H,48,55)(H,49,56)(H,45,46,50)/t33-,34-,35-,36-/m0/s1. The van der Waals surface area contributed by atoms with Crippen molar-refractivity contribution < 1.29 is 33.4 Å². The number of pyridine rings is 1. The van der Waals surface area contributed by atoms with E-state index in [1.54, 1.807) is 4.90 Å². The van der Waals surface area contributed by atoms with E-state index in [4.69, 9.17) is 29.2 Å². The van der Waals surface area contributed by atoms with Gasteiger partial charge in [0.15, 0.2) is 5.65 Å². The summed E-state index contributed by atoms with van der Waals surface area (Å²) in [7, 11) is 2.59. The maximum absolute atomic E-state index is 14.0. The molecule has 59 heavy (non-hydrogen) atoms. The molecule has 3 saturated heterocycles. The molecule has 0 spiro atoms. The summed E-state index contributed by atoms with van der Waals surface area (Å²) >= 11 is 0. The van der Waals surface area contributed by atoms with Crippen molar-refractivity contribution >= 4 is 45.9 Å². The Kier molecular flexibility index (Phi) is 11.5. The lowest BCUT2D eigenvalue weighted by Crippen LogP contribution is -2.53. The highest BCUT2D eigenvalue weighted by atomic mass is 16.5. The number of alkyl carbamates (subject to hydrolysis) is 2. The Bertz CT molecular complexity index is 2350. The van der Waals surface area contributed by atoms with Crippen molar-refractivity contribution in [3.05, 3.63) is 66.4 Å². The number of hydrogen-bond donors (Lipinski definition) is 4. The minimum atomic E-state index is -0.710. The van der Waals surface area contributed by atoms with Crippen molar-refractivity contribution in [2.24, 2.45) is 11.8 Å². The fourth-order valence-electron chi connectivity index (χ4n) is 8.76. The molecule has 0 unspecified atom stereocenters. The second-order valence-electron chi connectivity index (χ2n) is 15.9. The fourth-order valence-corrected chi connectivity index (χ4v) is 8.76. The van der Waals surface area contributed by atoms with Gasteiger partial charge in [0.25, 0.3) is 0 Å². The maximum Gasteiger partial charge on any atom is 0.407 e. The van der Waals surface area contributed by atoms with Gasteiger partial charge in [0.1, 0.15) is 23.7 Å². The SMILES string of the molecule is COC(=O)N[C@H](C(=O)N1CCC[C@H]1c1nc2nc(-c3ccc4cc(-c5cnc([C@@H]6CCCN6C(=O)[C@@H](NC(=O)OC)C6CCOCC6)[nH]5)ccc4c3)ccc2[nH]1)C(C)C. The Balaban J connectivity index is 0.977. The van der Waals surface area contributed by atoms with E-state index in [-0.39, 0.29) is 35.7 Å². The summed E-state index contributed by atoms with van der Waals surface area (Å²) in [6.07, 6.45) is 5.12. The monoisotopic (exact) mass is 805 g/mol. The number of hydrogen-bond acceptors (Lipinski definition) is 10. The predicted molar refractivity (Wildman–Crippen MR) is 219 cm³/mol. The third-order valence-corrected chi connectivity index (χ3v) is 12.0.